The van der Waals surface area contributed by atoms with Crippen molar-refractivity contribution in [3.05, 3.63) is 82.5 Å². The summed E-state index contributed by atoms with van der Waals surface area (Å²) in [6.07, 6.45) is 6.08. The summed E-state index contributed by atoms with van der Waals surface area (Å²) in [6, 6.07) is 11.8. The lowest BCUT2D eigenvalue weighted by Crippen LogP contribution is -2.18. The number of phenolic OH excluding ortho intramolecular Hbond substituents is 2. The van der Waals surface area contributed by atoms with Gasteiger partial charge in [0, 0.05) is 17.5 Å². The molecule has 0 aliphatic heterocycles. The number of hydrogen-bond acceptors (Lipinski definition) is 2. The van der Waals surface area contributed by atoms with E-state index in [1.54, 1.807) is 0 Å². The minimum atomic E-state index is 0.116. The summed E-state index contributed by atoms with van der Waals surface area (Å²) in [4.78, 5) is 0. The van der Waals surface area contributed by atoms with Gasteiger partial charge in [0.25, 0.3) is 0 Å². The van der Waals surface area contributed by atoms with Crippen LogP contribution < -0.4 is 0 Å². The summed E-state index contributed by atoms with van der Waals surface area (Å²) in [5, 5.41) is 20.8. The van der Waals surface area contributed by atoms with Gasteiger partial charge in [-0.3, -0.25) is 0 Å². The SMILES string of the molecule is C=C(C)[C@H]1CCC(C)=C[C@H]1c1c(O)cc(O)cc1CCc1ccc(C)cc1. The molecule has 0 aromatic heterocycles. The highest BCUT2D eigenvalue weighted by Crippen LogP contribution is 2.45. The molecule has 27 heavy (non-hydrogen) atoms. The maximum absolute atomic E-state index is 10.7. The molecule has 1 aliphatic rings. The van der Waals surface area contributed by atoms with Crippen LogP contribution in [0.15, 0.2) is 60.2 Å². The maximum atomic E-state index is 10.7. The minimum Gasteiger partial charge on any atom is -0.508 e. The summed E-state index contributed by atoms with van der Waals surface area (Å²) in [7, 11) is 0. The number of allylic oxidation sites excluding steroid dienone is 3. The second-order valence-corrected chi connectivity index (χ2v) is 8.05. The van der Waals surface area contributed by atoms with Crippen LogP contribution in [-0.4, -0.2) is 10.2 Å². The van der Waals surface area contributed by atoms with Gasteiger partial charge in [-0.2, -0.15) is 0 Å². The largest absolute Gasteiger partial charge is 0.508 e. The number of hydrogen-bond donors (Lipinski definition) is 2. The molecular weight excluding hydrogens is 332 g/mol. The summed E-state index contributed by atoms with van der Waals surface area (Å²) in [6.45, 7) is 10.5. The molecule has 0 saturated carbocycles. The van der Waals surface area contributed by atoms with Crippen LogP contribution >= 0.6 is 0 Å². The van der Waals surface area contributed by atoms with E-state index in [9.17, 15) is 10.2 Å². The summed E-state index contributed by atoms with van der Waals surface area (Å²) in [5.41, 5.74) is 7.00. The summed E-state index contributed by atoms with van der Waals surface area (Å²) < 4.78 is 0. The smallest absolute Gasteiger partial charge is 0.123 e. The summed E-state index contributed by atoms with van der Waals surface area (Å²) in [5.74, 6) is 0.752. The molecule has 2 aromatic rings. The second-order valence-electron chi connectivity index (χ2n) is 8.05. The first-order valence-corrected chi connectivity index (χ1v) is 9.78. The van der Waals surface area contributed by atoms with Crippen molar-refractivity contribution in [2.24, 2.45) is 5.92 Å². The first-order chi connectivity index (χ1) is 12.8. The van der Waals surface area contributed by atoms with Gasteiger partial charge in [0.1, 0.15) is 11.5 Å². The van der Waals surface area contributed by atoms with E-state index in [0.717, 1.165) is 42.4 Å². The molecule has 0 fully saturated rings. The topological polar surface area (TPSA) is 40.5 Å². The molecule has 0 radical (unpaired) electrons. The van der Waals surface area contributed by atoms with Gasteiger partial charge in [0.05, 0.1) is 0 Å². The van der Waals surface area contributed by atoms with E-state index in [4.69, 9.17) is 0 Å². The van der Waals surface area contributed by atoms with Crippen LogP contribution in [-0.2, 0) is 12.8 Å². The molecule has 0 unspecified atom stereocenters. The monoisotopic (exact) mass is 362 g/mol. The van der Waals surface area contributed by atoms with E-state index in [0.29, 0.717) is 5.92 Å². The number of aromatic hydroxyl groups is 2. The second kappa shape index (κ2) is 8.04. The van der Waals surface area contributed by atoms with Crippen molar-refractivity contribution in [3.8, 4) is 11.5 Å². The molecule has 2 aromatic carbocycles. The highest BCUT2D eigenvalue weighted by atomic mass is 16.3. The molecule has 2 nitrogen and oxygen atoms in total. The van der Waals surface area contributed by atoms with Crippen molar-refractivity contribution in [3.63, 3.8) is 0 Å². The molecule has 0 bridgehead atoms. The Morgan fingerprint density at radius 1 is 1.07 bits per heavy atom. The van der Waals surface area contributed by atoms with Gasteiger partial charge in [-0.1, -0.05) is 53.6 Å². The van der Waals surface area contributed by atoms with Gasteiger partial charge in [-0.15, -0.1) is 0 Å². The van der Waals surface area contributed by atoms with Gasteiger partial charge >= 0.3 is 0 Å². The molecule has 3 rings (SSSR count). The Balaban J connectivity index is 1.97. The Bertz CT molecular complexity index is 859. The van der Waals surface area contributed by atoms with Crippen molar-refractivity contribution in [2.45, 2.75) is 52.4 Å². The predicted molar refractivity (Wildman–Crippen MR) is 112 cm³/mol. The van der Waals surface area contributed by atoms with Crippen LogP contribution in [0.2, 0.25) is 0 Å². The van der Waals surface area contributed by atoms with Gasteiger partial charge < -0.3 is 10.2 Å². The van der Waals surface area contributed by atoms with E-state index >= 15 is 0 Å². The van der Waals surface area contributed by atoms with Gasteiger partial charge in [-0.05, 0) is 69.6 Å². The number of rotatable bonds is 5. The Morgan fingerprint density at radius 3 is 2.44 bits per heavy atom. The zero-order chi connectivity index (χ0) is 19.6. The van der Waals surface area contributed by atoms with E-state index < -0.39 is 0 Å². The van der Waals surface area contributed by atoms with Crippen LogP contribution in [0.3, 0.4) is 0 Å². The van der Waals surface area contributed by atoms with E-state index in [1.807, 2.05) is 6.07 Å². The molecule has 1 aliphatic carbocycles. The van der Waals surface area contributed by atoms with E-state index in [2.05, 4.69) is 57.7 Å². The first-order valence-electron chi connectivity index (χ1n) is 9.78. The van der Waals surface area contributed by atoms with E-state index in [1.165, 1.54) is 22.8 Å². The molecule has 0 saturated heterocycles. The van der Waals surface area contributed by atoms with Gasteiger partial charge in [0.2, 0.25) is 0 Å². The fraction of sp³-hybridized carbons (Fsp3) is 0.360. The molecule has 0 heterocycles. The molecule has 2 heteroatoms. The normalized spacial score (nSPS) is 19.6. The first kappa shape index (κ1) is 19.3. The molecular formula is C25H30O2. The van der Waals surface area contributed by atoms with Crippen molar-refractivity contribution in [1.82, 2.24) is 0 Å². The van der Waals surface area contributed by atoms with Gasteiger partial charge in [-0.25, -0.2) is 0 Å². The molecule has 142 valence electrons. The minimum absolute atomic E-state index is 0.116. The van der Waals surface area contributed by atoms with E-state index in [-0.39, 0.29) is 17.4 Å². The quantitative estimate of drug-likeness (QED) is 0.621. The van der Waals surface area contributed by atoms with Crippen molar-refractivity contribution < 1.29 is 10.2 Å². The lowest BCUT2D eigenvalue weighted by molar-refractivity contribution is 0.423. The Kier molecular flexibility index (Phi) is 5.74. The highest BCUT2D eigenvalue weighted by Gasteiger charge is 2.29. The Hall–Kier alpha value is -2.48. The average Bonchev–Trinajstić information content (AvgIpc) is 2.60. The third-order valence-corrected chi connectivity index (χ3v) is 5.75. The van der Waals surface area contributed by atoms with Crippen LogP contribution in [0.5, 0.6) is 11.5 Å². The van der Waals surface area contributed by atoms with Crippen molar-refractivity contribution >= 4 is 0 Å². The molecule has 2 atom stereocenters. The fourth-order valence-corrected chi connectivity index (χ4v) is 4.21. The highest BCUT2D eigenvalue weighted by molar-refractivity contribution is 5.50. The average molecular weight is 363 g/mol. The molecule has 0 amide bonds. The molecule has 0 spiro atoms. The van der Waals surface area contributed by atoms with Gasteiger partial charge in [0.15, 0.2) is 0 Å². The van der Waals surface area contributed by atoms with Crippen LogP contribution in [0.4, 0.5) is 0 Å². The Labute approximate surface area is 162 Å². The van der Waals surface area contributed by atoms with Crippen molar-refractivity contribution in [2.75, 3.05) is 0 Å². The standard InChI is InChI=1S/C25H30O2/c1-16(2)22-12-7-18(4)13-23(22)25-20(14-21(26)15-24(25)27)11-10-19-8-5-17(3)6-9-19/h5-6,8-9,13-15,22-23,26-27H,1,7,10-12H2,2-4H3/t22-,23-/m1/s1. The third kappa shape index (κ3) is 4.44. The van der Waals surface area contributed by atoms with Crippen LogP contribution in [0.1, 0.15) is 54.9 Å². The van der Waals surface area contributed by atoms with Crippen LogP contribution in [0, 0.1) is 12.8 Å². The lowest BCUT2D eigenvalue weighted by atomic mass is 9.72. The predicted octanol–water partition coefficient (Wildman–Crippen LogP) is 6.21. The Morgan fingerprint density at radius 2 is 1.78 bits per heavy atom. The van der Waals surface area contributed by atoms with Crippen molar-refractivity contribution in [1.29, 1.82) is 0 Å². The fourth-order valence-electron chi connectivity index (χ4n) is 4.21. The summed E-state index contributed by atoms with van der Waals surface area (Å²) >= 11 is 0. The van der Waals surface area contributed by atoms with Crippen LogP contribution in [0.25, 0.3) is 0 Å². The number of phenols is 2. The number of aryl methyl sites for hydroxylation is 3. The third-order valence-electron chi connectivity index (χ3n) is 5.75. The molecule has 2 N–H and O–H groups in total. The zero-order valence-electron chi connectivity index (χ0n) is 16.6. The lowest BCUT2D eigenvalue weighted by Gasteiger charge is -2.32. The zero-order valence-corrected chi connectivity index (χ0v) is 16.6. The number of benzene rings is 2. The maximum Gasteiger partial charge on any atom is 0.123 e.